The Morgan fingerprint density at radius 3 is 2.39 bits per heavy atom. The molecule has 2 aliphatic carbocycles. The minimum atomic E-state index is -4.37. The number of benzene rings is 1. The smallest absolute Gasteiger partial charge is 0.307 e. The Morgan fingerprint density at radius 2 is 1.75 bits per heavy atom. The van der Waals surface area contributed by atoms with Crippen LogP contribution in [0.4, 0.5) is 13.2 Å². The zero-order valence-corrected chi connectivity index (χ0v) is 35.9. The summed E-state index contributed by atoms with van der Waals surface area (Å²) in [5, 5.41) is 1.37. The second-order valence-corrected chi connectivity index (χ2v) is 20.5. The summed E-state index contributed by atoms with van der Waals surface area (Å²) in [4.78, 5) is 63.0. The van der Waals surface area contributed by atoms with Crippen LogP contribution < -0.4 is 14.2 Å². The molecule has 0 spiro atoms. The maximum absolute atomic E-state index is 14.9. The van der Waals surface area contributed by atoms with E-state index in [1.54, 1.807) is 0 Å². The van der Waals surface area contributed by atoms with Crippen molar-refractivity contribution in [1.29, 1.82) is 0 Å². The third-order valence-electron chi connectivity index (χ3n) is 13.5. The van der Waals surface area contributed by atoms with Crippen molar-refractivity contribution in [2.75, 3.05) is 20.3 Å². The average molecular weight is 850 g/mol. The van der Waals surface area contributed by atoms with E-state index >= 15 is 0 Å². The first kappa shape index (κ1) is 44.6. The van der Waals surface area contributed by atoms with Gasteiger partial charge in [0.05, 0.1) is 43.6 Å². The molecule has 2 saturated carbocycles. The van der Waals surface area contributed by atoms with Crippen LogP contribution >= 0.6 is 0 Å². The summed E-state index contributed by atoms with van der Waals surface area (Å²) >= 11 is 0. The molecule has 59 heavy (non-hydrogen) atoms. The Labute approximate surface area is 344 Å². The van der Waals surface area contributed by atoms with Crippen LogP contribution in [0.5, 0.6) is 11.6 Å². The van der Waals surface area contributed by atoms with E-state index in [-0.39, 0.29) is 56.4 Å². The van der Waals surface area contributed by atoms with Crippen molar-refractivity contribution < 1.29 is 55.0 Å². The molecular weight excluding hydrogens is 792 g/mol. The summed E-state index contributed by atoms with van der Waals surface area (Å²) in [6.45, 7) is 7.43. The number of esters is 1. The van der Waals surface area contributed by atoms with E-state index in [2.05, 4.69) is 9.71 Å². The van der Waals surface area contributed by atoms with Crippen molar-refractivity contribution in [3.63, 3.8) is 0 Å². The molecule has 2 saturated heterocycles. The summed E-state index contributed by atoms with van der Waals surface area (Å²) in [7, 11) is -2.84. The topological polar surface area (TPSA) is 158 Å². The third-order valence-corrected chi connectivity index (χ3v) is 15.6. The van der Waals surface area contributed by atoms with Gasteiger partial charge in [-0.1, -0.05) is 44.7 Å². The van der Waals surface area contributed by atoms with Crippen LogP contribution in [0.3, 0.4) is 0 Å². The summed E-state index contributed by atoms with van der Waals surface area (Å²) in [6.07, 6.45) is 3.59. The van der Waals surface area contributed by atoms with Crippen LogP contribution in [0.2, 0.25) is 0 Å². The number of hydrogen-bond donors (Lipinski definition) is 1. The fourth-order valence-corrected chi connectivity index (χ4v) is 10.4. The molecule has 1 aromatic heterocycles. The van der Waals surface area contributed by atoms with Gasteiger partial charge in [0.2, 0.25) is 27.7 Å². The lowest BCUT2D eigenvalue weighted by molar-refractivity contribution is -0.197. The predicted molar refractivity (Wildman–Crippen MR) is 213 cm³/mol. The van der Waals surface area contributed by atoms with Crippen molar-refractivity contribution in [3.8, 4) is 11.6 Å². The number of pyridine rings is 1. The number of fused-ring (bicyclic) bond motifs is 3. The molecule has 326 valence electrons. The quantitative estimate of drug-likeness (QED) is 0.233. The zero-order valence-electron chi connectivity index (χ0n) is 35.1. The number of ketones is 1. The molecule has 1 aromatic carbocycles. The fraction of sp³-hybridized carbons (Fsp3) is 0.698. The van der Waals surface area contributed by atoms with Gasteiger partial charge in [-0.15, -0.1) is 0 Å². The molecule has 1 N–H and O–H groups in total. The zero-order chi connectivity index (χ0) is 43.3. The number of rotatable bonds is 11. The molecule has 2 aliphatic heterocycles. The van der Waals surface area contributed by atoms with E-state index in [4.69, 9.17) is 14.2 Å². The van der Waals surface area contributed by atoms with Gasteiger partial charge in [0.15, 0.2) is 11.4 Å². The highest BCUT2D eigenvalue weighted by Crippen LogP contribution is 2.59. The van der Waals surface area contributed by atoms with Gasteiger partial charge >= 0.3 is 5.97 Å². The Bertz CT molecular complexity index is 2070. The number of carbonyl (C=O) groups is 4. The number of alkyl halides is 3. The lowest BCUT2D eigenvalue weighted by atomic mass is 9.81. The molecular formula is C43H58F3N3O9S. The SMILES string of the molecule is COc1cnc(O[C@@H]2C[C@H]3C(=O)C[C@]4(C(=O)NS(=O)(=O)C5(CF)CC5)C[C@H]4CCCC[C@@H](C)C[C@@H](C)[C@H](CC(=O)OC(C)(C)C(C)(F)F)C(=O)N3C2)c2ccc(C)cc12. The van der Waals surface area contributed by atoms with Gasteiger partial charge < -0.3 is 19.1 Å². The molecule has 16 heteroatoms. The number of nitrogens with zero attached hydrogens (tertiary/aromatic N) is 2. The number of sulfonamides is 1. The van der Waals surface area contributed by atoms with Gasteiger partial charge in [-0.3, -0.25) is 23.9 Å². The Morgan fingerprint density at radius 1 is 1.05 bits per heavy atom. The average Bonchev–Trinajstić information content (AvgIpc) is 4.06. The van der Waals surface area contributed by atoms with Gasteiger partial charge in [0, 0.05) is 30.5 Å². The molecule has 0 bridgehead atoms. The van der Waals surface area contributed by atoms with E-state index in [1.807, 2.05) is 39.0 Å². The number of ether oxygens (including phenoxy) is 3. The first-order valence-corrected chi connectivity index (χ1v) is 22.2. The number of amides is 2. The molecule has 6 rings (SSSR count). The number of hydrogen-bond acceptors (Lipinski definition) is 10. The largest absolute Gasteiger partial charge is 0.494 e. The van der Waals surface area contributed by atoms with Crippen LogP contribution in [0, 0.1) is 36.0 Å². The van der Waals surface area contributed by atoms with Gasteiger partial charge in [0.1, 0.15) is 23.3 Å². The lowest BCUT2D eigenvalue weighted by Crippen LogP contribution is -2.49. The van der Waals surface area contributed by atoms with E-state index in [0.29, 0.717) is 37.3 Å². The van der Waals surface area contributed by atoms with Crippen molar-refractivity contribution in [1.82, 2.24) is 14.6 Å². The number of methoxy groups -OCH3 is 1. The minimum absolute atomic E-state index is 0.00565. The van der Waals surface area contributed by atoms with Gasteiger partial charge in [-0.25, -0.2) is 26.6 Å². The van der Waals surface area contributed by atoms with Crippen molar-refractivity contribution in [2.24, 2.45) is 29.1 Å². The molecule has 7 atom stereocenters. The monoisotopic (exact) mass is 849 g/mol. The number of nitrogens with one attached hydrogen (secondary N) is 1. The Hall–Kier alpha value is -3.95. The summed E-state index contributed by atoms with van der Waals surface area (Å²) in [5.41, 5.74) is -2.57. The molecule has 0 unspecified atom stereocenters. The standard InChI is InChI=1S/C43H58F3N3O9S/c1-25-10-8-9-11-28-20-43(28,39(53)48-59(54,55)42(24-44)14-15-42)21-34(50)33-18-29(57-37-30-13-12-26(2)17-32(30)35(56-7)22-47-37)23-49(33)38(52)31(27(3)16-25)19-36(51)58-40(4,5)41(6,45)46/h12-13,17,22,25,27-29,31,33H,8-11,14-16,18-21,23-24H2,1-7H3,(H,48,53)/t25-,27-,28-,29-,31+,33+,43-/m1/s1. The highest BCUT2D eigenvalue weighted by molar-refractivity contribution is 7.91. The molecule has 0 radical (unpaired) electrons. The molecule has 4 aliphatic rings. The molecule has 4 fully saturated rings. The van der Waals surface area contributed by atoms with Gasteiger partial charge in [-0.2, -0.15) is 0 Å². The molecule has 12 nitrogen and oxygen atoms in total. The highest BCUT2D eigenvalue weighted by Gasteiger charge is 2.64. The molecule has 3 heterocycles. The number of carbonyl (C=O) groups excluding carboxylic acids is 4. The van der Waals surface area contributed by atoms with Crippen LogP contribution in [0.25, 0.3) is 10.8 Å². The van der Waals surface area contributed by atoms with E-state index < -0.39 is 92.4 Å². The molecule has 2 amide bonds. The Kier molecular flexibility index (Phi) is 12.5. The normalized spacial score (nSPS) is 29.1. The third kappa shape index (κ3) is 9.07. The molecule has 2 aromatic rings. The van der Waals surface area contributed by atoms with E-state index in [9.17, 15) is 40.8 Å². The van der Waals surface area contributed by atoms with E-state index in [0.717, 1.165) is 37.6 Å². The maximum atomic E-state index is 14.9. The summed E-state index contributed by atoms with van der Waals surface area (Å²) in [5.74, 6) is -7.18. The second kappa shape index (κ2) is 16.5. The predicted octanol–water partition coefficient (Wildman–Crippen LogP) is 7.03. The van der Waals surface area contributed by atoms with Crippen molar-refractivity contribution in [3.05, 3.63) is 30.0 Å². The van der Waals surface area contributed by atoms with Gasteiger partial charge in [0.25, 0.3) is 5.92 Å². The summed E-state index contributed by atoms with van der Waals surface area (Å²) < 4.78 is 87.1. The first-order chi connectivity index (χ1) is 27.6. The van der Waals surface area contributed by atoms with Crippen LogP contribution in [-0.4, -0.2) is 90.6 Å². The van der Waals surface area contributed by atoms with Gasteiger partial charge in [-0.05, 0) is 82.8 Å². The van der Waals surface area contributed by atoms with Crippen molar-refractivity contribution >= 4 is 44.4 Å². The number of Topliss-reactive ketones (excluding diaryl/α,β-unsaturated/α-hetero) is 1. The first-order valence-electron chi connectivity index (χ1n) is 20.7. The fourth-order valence-electron chi connectivity index (χ4n) is 9.00. The summed E-state index contributed by atoms with van der Waals surface area (Å²) in [6, 6.07) is 4.50. The maximum Gasteiger partial charge on any atom is 0.307 e. The van der Waals surface area contributed by atoms with Crippen LogP contribution in [0.1, 0.15) is 111 Å². The minimum Gasteiger partial charge on any atom is -0.494 e. The van der Waals surface area contributed by atoms with Crippen molar-refractivity contribution in [2.45, 2.75) is 141 Å². The lowest BCUT2D eigenvalue weighted by Gasteiger charge is -2.34. The second-order valence-electron chi connectivity index (χ2n) is 18.4. The number of aromatic nitrogens is 1. The Balaban J connectivity index is 1.35. The number of halogens is 3. The highest BCUT2D eigenvalue weighted by atomic mass is 32.2. The van der Waals surface area contributed by atoms with Crippen LogP contribution in [0.15, 0.2) is 24.4 Å². The number of aryl methyl sites for hydroxylation is 1. The van der Waals surface area contributed by atoms with E-state index in [1.165, 1.54) is 18.2 Å². The van der Waals surface area contributed by atoms with Crippen LogP contribution in [-0.2, 0) is 33.9 Å².